The molecule has 0 aliphatic heterocycles. The van der Waals surface area contributed by atoms with Crippen molar-refractivity contribution in [1.82, 2.24) is 10.2 Å². The number of hydrogen-bond donors (Lipinski definition) is 1. The average molecular weight is 297 g/mol. The van der Waals surface area contributed by atoms with Crippen LogP contribution in [0.5, 0.6) is 0 Å². The molecule has 0 atom stereocenters. The van der Waals surface area contributed by atoms with Gasteiger partial charge in [-0.2, -0.15) is 0 Å². The van der Waals surface area contributed by atoms with Crippen LogP contribution in [-0.4, -0.2) is 16.1 Å². The minimum absolute atomic E-state index is 0.0579. The van der Waals surface area contributed by atoms with Crippen molar-refractivity contribution in [3.63, 3.8) is 0 Å². The standard InChI is InChI=1S/C16H12FN3O2/c1-10-6-8-11(9-7-10)15-19-20-16(22-15)14(21)18-13-5-3-2-4-12(13)17/h2-9H,1H3,(H,18,21). The van der Waals surface area contributed by atoms with Crippen molar-refractivity contribution >= 4 is 11.6 Å². The molecular weight excluding hydrogens is 285 g/mol. The fourth-order valence-electron chi connectivity index (χ4n) is 1.87. The smallest absolute Gasteiger partial charge is 0.313 e. The van der Waals surface area contributed by atoms with Gasteiger partial charge in [0.1, 0.15) is 5.82 Å². The Labute approximate surface area is 125 Å². The Kier molecular flexibility index (Phi) is 3.65. The number of aryl methyl sites for hydroxylation is 1. The molecule has 0 unspecified atom stereocenters. The van der Waals surface area contributed by atoms with Gasteiger partial charge in [-0.15, -0.1) is 10.2 Å². The Morgan fingerprint density at radius 1 is 1.09 bits per heavy atom. The zero-order valence-electron chi connectivity index (χ0n) is 11.7. The molecule has 1 aromatic heterocycles. The van der Waals surface area contributed by atoms with Crippen molar-refractivity contribution in [2.45, 2.75) is 6.92 Å². The first-order chi connectivity index (χ1) is 10.6. The van der Waals surface area contributed by atoms with Gasteiger partial charge in [-0.3, -0.25) is 4.79 Å². The first kappa shape index (κ1) is 13.9. The lowest BCUT2D eigenvalue weighted by Crippen LogP contribution is -2.13. The number of para-hydroxylation sites is 1. The lowest BCUT2D eigenvalue weighted by Gasteiger charge is -2.02. The summed E-state index contributed by atoms with van der Waals surface area (Å²) in [7, 11) is 0. The molecule has 1 N–H and O–H groups in total. The molecule has 2 aromatic carbocycles. The zero-order chi connectivity index (χ0) is 15.5. The van der Waals surface area contributed by atoms with Gasteiger partial charge in [0, 0.05) is 5.56 Å². The van der Waals surface area contributed by atoms with Gasteiger partial charge in [-0.25, -0.2) is 4.39 Å². The van der Waals surface area contributed by atoms with E-state index >= 15 is 0 Å². The van der Waals surface area contributed by atoms with E-state index in [9.17, 15) is 9.18 Å². The number of halogens is 1. The van der Waals surface area contributed by atoms with Gasteiger partial charge in [0.2, 0.25) is 5.89 Å². The maximum atomic E-state index is 13.5. The molecule has 0 spiro atoms. The third-order valence-electron chi connectivity index (χ3n) is 3.04. The third-order valence-corrected chi connectivity index (χ3v) is 3.04. The molecule has 0 saturated carbocycles. The van der Waals surface area contributed by atoms with E-state index in [-0.39, 0.29) is 17.5 Å². The normalized spacial score (nSPS) is 10.5. The van der Waals surface area contributed by atoms with Crippen LogP contribution < -0.4 is 5.32 Å². The van der Waals surface area contributed by atoms with Gasteiger partial charge in [0.25, 0.3) is 0 Å². The lowest BCUT2D eigenvalue weighted by molar-refractivity contribution is 0.0990. The van der Waals surface area contributed by atoms with E-state index in [4.69, 9.17) is 4.42 Å². The minimum Gasteiger partial charge on any atom is -0.412 e. The number of anilines is 1. The van der Waals surface area contributed by atoms with Crippen LogP contribution in [0.15, 0.2) is 52.9 Å². The SMILES string of the molecule is Cc1ccc(-c2nnc(C(=O)Nc3ccccc3F)o2)cc1. The Bertz CT molecular complexity index is 812. The van der Waals surface area contributed by atoms with Crippen LogP contribution in [0.1, 0.15) is 16.2 Å². The summed E-state index contributed by atoms with van der Waals surface area (Å²) in [5.41, 5.74) is 1.87. The van der Waals surface area contributed by atoms with Crippen molar-refractivity contribution < 1.29 is 13.6 Å². The molecule has 6 heteroatoms. The maximum absolute atomic E-state index is 13.5. The quantitative estimate of drug-likeness (QED) is 0.804. The highest BCUT2D eigenvalue weighted by Crippen LogP contribution is 2.19. The van der Waals surface area contributed by atoms with Gasteiger partial charge < -0.3 is 9.73 Å². The summed E-state index contributed by atoms with van der Waals surface area (Å²) in [5, 5.41) is 9.91. The molecule has 5 nitrogen and oxygen atoms in total. The first-order valence-electron chi connectivity index (χ1n) is 6.60. The van der Waals surface area contributed by atoms with Crippen molar-refractivity contribution in [1.29, 1.82) is 0 Å². The number of nitrogens with one attached hydrogen (secondary N) is 1. The molecule has 0 aliphatic carbocycles. The Morgan fingerprint density at radius 2 is 1.82 bits per heavy atom. The second-order valence-corrected chi connectivity index (χ2v) is 4.71. The molecule has 3 rings (SSSR count). The van der Waals surface area contributed by atoms with Crippen molar-refractivity contribution in [3.8, 4) is 11.5 Å². The summed E-state index contributed by atoms with van der Waals surface area (Å²) < 4.78 is 18.8. The maximum Gasteiger partial charge on any atom is 0.313 e. The minimum atomic E-state index is -0.657. The van der Waals surface area contributed by atoms with Crippen molar-refractivity contribution in [2.75, 3.05) is 5.32 Å². The number of carbonyl (C=O) groups excluding carboxylic acids is 1. The zero-order valence-corrected chi connectivity index (χ0v) is 11.7. The molecule has 110 valence electrons. The lowest BCUT2D eigenvalue weighted by atomic mass is 10.1. The van der Waals surface area contributed by atoms with Gasteiger partial charge in [-0.05, 0) is 31.2 Å². The van der Waals surface area contributed by atoms with Gasteiger partial charge in [0.05, 0.1) is 5.69 Å². The number of carbonyl (C=O) groups is 1. The molecular formula is C16H12FN3O2. The monoisotopic (exact) mass is 297 g/mol. The number of benzene rings is 2. The molecule has 0 saturated heterocycles. The largest absolute Gasteiger partial charge is 0.412 e. The van der Waals surface area contributed by atoms with Crippen LogP contribution >= 0.6 is 0 Å². The van der Waals surface area contributed by atoms with Gasteiger partial charge >= 0.3 is 11.8 Å². The van der Waals surface area contributed by atoms with Crippen LogP contribution in [0.3, 0.4) is 0 Å². The fraction of sp³-hybridized carbons (Fsp3) is 0.0625. The van der Waals surface area contributed by atoms with E-state index in [1.807, 2.05) is 31.2 Å². The molecule has 0 aliphatic rings. The first-order valence-corrected chi connectivity index (χ1v) is 6.60. The molecule has 1 heterocycles. The second-order valence-electron chi connectivity index (χ2n) is 4.71. The molecule has 1 amide bonds. The third kappa shape index (κ3) is 2.85. The summed E-state index contributed by atoms with van der Waals surface area (Å²) in [5.74, 6) is -1.18. The molecule has 22 heavy (non-hydrogen) atoms. The summed E-state index contributed by atoms with van der Waals surface area (Å²) in [6, 6.07) is 13.3. The topological polar surface area (TPSA) is 68.0 Å². The molecule has 3 aromatic rings. The molecule has 0 fully saturated rings. The molecule has 0 radical (unpaired) electrons. The van der Waals surface area contributed by atoms with Crippen molar-refractivity contribution in [3.05, 3.63) is 65.8 Å². The summed E-state index contributed by atoms with van der Waals surface area (Å²) in [6.07, 6.45) is 0. The van der Waals surface area contributed by atoms with Crippen LogP contribution in [0.4, 0.5) is 10.1 Å². The number of rotatable bonds is 3. The van der Waals surface area contributed by atoms with E-state index in [1.54, 1.807) is 6.07 Å². The fourth-order valence-corrected chi connectivity index (χ4v) is 1.87. The van der Waals surface area contributed by atoms with E-state index in [0.29, 0.717) is 5.56 Å². The van der Waals surface area contributed by atoms with E-state index in [1.165, 1.54) is 18.2 Å². The van der Waals surface area contributed by atoms with E-state index in [2.05, 4.69) is 15.5 Å². The molecule has 0 bridgehead atoms. The number of nitrogens with zero attached hydrogens (tertiary/aromatic N) is 2. The second kappa shape index (κ2) is 5.77. The predicted molar refractivity (Wildman–Crippen MR) is 78.8 cm³/mol. The Hall–Kier alpha value is -3.02. The number of amides is 1. The Balaban J connectivity index is 1.80. The van der Waals surface area contributed by atoms with Crippen LogP contribution in [0.2, 0.25) is 0 Å². The number of aromatic nitrogens is 2. The highest BCUT2D eigenvalue weighted by molar-refractivity contribution is 6.01. The highest BCUT2D eigenvalue weighted by Gasteiger charge is 2.17. The van der Waals surface area contributed by atoms with Crippen LogP contribution in [0, 0.1) is 12.7 Å². The summed E-state index contributed by atoms with van der Waals surface area (Å²) >= 11 is 0. The predicted octanol–water partition coefficient (Wildman–Crippen LogP) is 3.44. The van der Waals surface area contributed by atoms with Crippen molar-refractivity contribution in [2.24, 2.45) is 0 Å². The average Bonchev–Trinajstić information content (AvgIpc) is 3.00. The Morgan fingerprint density at radius 3 is 2.55 bits per heavy atom. The highest BCUT2D eigenvalue weighted by atomic mass is 19.1. The van der Waals surface area contributed by atoms with E-state index < -0.39 is 11.7 Å². The van der Waals surface area contributed by atoms with Crippen LogP contribution in [0.25, 0.3) is 11.5 Å². The summed E-state index contributed by atoms with van der Waals surface area (Å²) in [4.78, 5) is 12.0. The van der Waals surface area contributed by atoms with Gasteiger partial charge in [0.15, 0.2) is 0 Å². The van der Waals surface area contributed by atoms with Crippen LogP contribution in [-0.2, 0) is 0 Å². The number of hydrogen-bond acceptors (Lipinski definition) is 4. The van der Waals surface area contributed by atoms with E-state index in [0.717, 1.165) is 5.56 Å². The van der Waals surface area contributed by atoms with Gasteiger partial charge in [-0.1, -0.05) is 29.8 Å². The summed E-state index contributed by atoms with van der Waals surface area (Å²) in [6.45, 7) is 1.96.